The maximum atomic E-state index is 12.1. The number of methoxy groups -OCH3 is 1. The SMILES string of the molecule is COCCn1c2c(ccc1=O)C[C@@H](NCc1ccsc1)CC2. The first kappa shape index (κ1) is 15.5. The van der Waals surface area contributed by atoms with Gasteiger partial charge in [0.15, 0.2) is 0 Å². The summed E-state index contributed by atoms with van der Waals surface area (Å²) in [6.07, 6.45) is 3.02. The Kier molecular flexibility index (Phi) is 5.08. The molecule has 0 bridgehead atoms. The smallest absolute Gasteiger partial charge is 0.250 e. The molecule has 5 heteroatoms. The van der Waals surface area contributed by atoms with Crippen molar-refractivity contribution >= 4 is 11.3 Å². The summed E-state index contributed by atoms with van der Waals surface area (Å²) in [5, 5.41) is 7.94. The van der Waals surface area contributed by atoms with Gasteiger partial charge in [0, 0.05) is 38.0 Å². The van der Waals surface area contributed by atoms with E-state index in [1.165, 1.54) is 16.8 Å². The van der Waals surface area contributed by atoms with E-state index >= 15 is 0 Å². The van der Waals surface area contributed by atoms with E-state index in [0.29, 0.717) is 19.2 Å². The van der Waals surface area contributed by atoms with Gasteiger partial charge in [0.25, 0.3) is 5.56 Å². The van der Waals surface area contributed by atoms with Crippen LogP contribution in [-0.4, -0.2) is 24.3 Å². The molecular formula is C17H22N2O2S. The number of rotatable bonds is 6. The standard InChI is InChI=1S/C17H22N2O2S/c1-21-8-7-19-16-4-3-15(10-14(16)2-5-17(19)20)18-11-13-6-9-22-12-13/h2,5-6,9,12,15,18H,3-4,7-8,10-11H2,1H3/t15-/m0/s1. The maximum absolute atomic E-state index is 12.1. The third-order valence-corrected chi connectivity index (χ3v) is 5.01. The van der Waals surface area contributed by atoms with Crippen LogP contribution in [0.4, 0.5) is 0 Å². The first-order chi connectivity index (χ1) is 10.8. The quantitative estimate of drug-likeness (QED) is 0.888. The molecule has 0 aliphatic heterocycles. The molecule has 0 fully saturated rings. The molecule has 0 amide bonds. The normalized spacial score (nSPS) is 17.4. The molecule has 4 nitrogen and oxygen atoms in total. The van der Waals surface area contributed by atoms with Gasteiger partial charge < -0.3 is 14.6 Å². The van der Waals surface area contributed by atoms with Gasteiger partial charge in [0.1, 0.15) is 0 Å². The highest BCUT2D eigenvalue weighted by Gasteiger charge is 2.21. The van der Waals surface area contributed by atoms with Gasteiger partial charge in [-0.2, -0.15) is 11.3 Å². The van der Waals surface area contributed by atoms with Crippen molar-refractivity contribution in [3.63, 3.8) is 0 Å². The van der Waals surface area contributed by atoms with Gasteiger partial charge in [-0.05, 0) is 47.2 Å². The highest BCUT2D eigenvalue weighted by Crippen LogP contribution is 2.20. The third-order valence-electron chi connectivity index (χ3n) is 4.28. The second-order valence-electron chi connectivity index (χ2n) is 5.74. The van der Waals surface area contributed by atoms with Crippen molar-refractivity contribution in [2.45, 2.75) is 38.4 Å². The molecule has 1 N–H and O–H groups in total. The molecule has 0 radical (unpaired) electrons. The lowest BCUT2D eigenvalue weighted by Crippen LogP contribution is -2.37. The van der Waals surface area contributed by atoms with Crippen LogP contribution >= 0.6 is 11.3 Å². The van der Waals surface area contributed by atoms with Crippen molar-refractivity contribution in [3.05, 3.63) is 56.1 Å². The van der Waals surface area contributed by atoms with Gasteiger partial charge >= 0.3 is 0 Å². The van der Waals surface area contributed by atoms with Crippen molar-refractivity contribution in [3.8, 4) is 0 Å². The Hall–Kier alpha value is -1.43. The Labute approximate surface area is 134 Å². The summed E-state index contributed by atoms with van der Waals surface area (Å²) in [7, 11) is 1.67. The summed E-state index contributed by atoms with van der Waals surface area (Å²) in [5.41, 5.74) is 3.92. The van der Waals surface area contributed by atoms with Crippen LogP contribution < -0.4 is 10.9 Å². The fourth-order valence-electron chi connectivity index (χ4n) is 3.08. The number of hydrogen-bond donors (Lipinski definition) is 1. The van der Waals surface area contributed by atoms with Crippen LogP contribution in [0.15, 0.2) is 33.8 Å². The first-order valence-electron chi connectivity index (χ1n) is 7.73. The van der Waals surface area contributed by atoms with Gasteiger partial charge in [-0.15, -0.1) is 0 Å². The topological polar surface area (TPSA) is 43.3 Å². The van der Waals surface area contributed by atoms with E-state index < -0.39 is 0 Å². The van der Waals surface area contributed by atoms with Crippen LogP contribution in [0.2, 0.25) is 0 Å². The van der Waals surface area contributed by atoms with E-state index in [2.05, 4.69) is 22.1 Å². The van der Waals surface area contributed by atoms with Gasteiger partial charge in [-0.1, -0.05) is 6.07 Å². The molecule has 0 unspecified atom stereocenters. The van der Waals surface area contributed by atoms with E-state index in [9.17, 15) is 4.79 Å². The zero-order chi connectivity index (χ0) is 15.4. The van der Waals surface area contributed by atoms with E-state index in [-0.39, 0.29) is 5.56 Å². The molecule has 2 heterocycles. The lowest BCUT2D eigenvalue weighted by Gasteiger charge is -2.27. The molecular weight excluding hydrogens is 296 g/mol. The van der Waals surface area contributed by atoms with Crippen molar-refractivity contribution in [2.24, 2.45) is 0 Å². The molecule has 1 atom stereocenters. The molecule has 0 aromatic carbocycles. The molecule has 118 valence electrons. The Bertz CT molecular complexity index is 664. The van der Waals surface area contributed by atoms with Crippen LogP contribution in [0.1, 0.15) is 23.2 Å². The molecule has 22 heavy (non-hydrogen) atoms. The van der Waals surface area contributed by atoms with Gasteiger partial charge in [-0.3, -0.25) is 4.79 Å². The minimum absolute atomic E-state index is 0.0838. The predicted molar refractivity (Wildman–Crippen MR) is 89.5 cm³/mol. The fourth-order valence-corrected chi connectivity index (χ4v) is 3.75. The second-order valence-corrected chi connectivity index (χ2v) is 6.52. The zero-order valence-electron chi connectivity index (χ0n) is 12.9. The Balaban J connectivity index is 1.69. The third kappa shape index (κ3) is 3.48. The highest BCUT2D eigenvalue weighted by atomic mass is 32.1. The summed E-state index contributed by atoms with van der Waals surface area (Å²) < 4.78 is 7.00. The van der Waals surface area contributed by atoms with Crippen molar-refractivity contribution in [2.75, 3.05) is 13.7 Å². The minimum Gasteiger partial charge on any atom is -0.383 e. The number of nitrogens with one attached hydrogen (secondary N) is 1. The van der Waals surface area contributed by atoms with E-state index in [4.69, 9.17) is 4.74 Å². The summed E-state index contributed by atoms with van der Waals surface area (Å²) in [4.78, 5) is 12.1. The van der Waals surface area contributed by atoms with E-state index in [0.717, 1.165) is 25.8 Å². The van der Waals surface area contributed by atoms with Crippen molar-refractivity contribution in [1.29, 1.82) is 0 Å². The lowest BCUT2D eigenvalue weighted by molar-refractivity contribution is 0.184. The molecule has 0 spiro atoms. The van der Waals surface area contributed by atoms with Crippen LogP contribution in [0.3, 0.4) is 0 Å². The molecule has 0 saturated heterocycles. The number of hydrogen-bond acceptors (Lipinski definition) is 4. The van der Waals surface area contributed by atoms with Crippen molar-refractivity contribution in [1.82, 2.24) is 9.88 Å². The largest absolute Gasteiger partial charge is 0.383 e. The van der Waals surface area contributed by atoms with Crippen LogP contribution in [-0.2, 0) is 30.7 Å². The molecule has 1 aliphatic carbocycles. The monoisotopic (exact) mass is 318 g/mol. The Morgan fingerprint density at radius 3 is 3.09 bits per heavy atom. The van der Waals surface area contributed by atoms with Crippen molar-refractivity contribution < 1.29 is 4.74 Å². The Morgan fingerprint density at radius 2 is 2.32 bits per heavy atom. The second kappa shape index (κ2) is 7.22. The molecule has 2 aromatic heterocycles. The van der Waals surface area contributed by atoms with Crippen LogP contribution in [0, 0.1) is 0 Å². The summed E-state index contributed by atoms with van der Waals surface area (Å²) in [5.74, 6) is 0. The van der Waals surface area contributed by atoms with E-state index in [1.54, 1.807) is 24.5 Å². The molecule has 1 aliphatic rings. The lowest BCUT2D eigenvalue weighted by atomic mass is 9.91. The number of thiophene rings is 1. The molecule has 3 rings (SSSR count). The summed E-state index contributed by atoms with van der Waals surface area (Å²) in [6.45, 7) is 2.15. The maximum Gasteiger partial charge on any atom is 0.250 e. The minimum atomic E-state index is 0.0838. The molecule has 0 saturated carbocycles. The number of fused-ring (bicyclic) bond motifs is 1. The highest BCUT2D eigenvalue weighted by molar-refractivity contribution is 7.07. The van der Waals surface area contributed by atoms with E-state index in [1.807, 2.05) is 10.6 Å². The zero-order valence-corrected chi connectivity index (χ0v) is 13.7. The van der Waals surface area contributed by atoms with Crippen LogP contribution in [0.5, 0.6) is 0 Å². The average molecular weight is 318 g/mol. The fraction of sp³-hybridized carbons (Fsp3) is 0.471. The van der Waals surface area contributed by atoms with Gasteiger partial charge in [-0.25, -0.2) is 0 Å². The summed E-state index contributed by atoms with van der Waals surface area (Å²) >= 11 is 1.74. The average Bonchev–Trinajstić information content (AvgIpc) is 3.05. The number of pyridine rings is 1. The number of nitrogens with zero attached hydrogens (tertiary/aromatic N) is 1. The van der Waals surface area contributed by atoms with Gasteiger partial charge in [0.05, 0.1) is 6.61 Å². The molecule has 2 aromatic rings. The number of aromatic nitrogens is 1. The summed E-state index contributed by atoms with van der Waals surface area (Å²) in [6, 6.07) is 6.34. The first-order valence-corrected chi connectivity index (χ1v) is 8.67. The van der Waals surface area contributed by atoms with Gasteiger partial charge in [0.2, 0.25) is 0 Å². The number of ether oxygens (including phenoxy) is 1. The van der Waals surface area contributed by atoms with Crippen LogP contribution in [0.25, 0.3) is 0 Å². The Morgan fingerprint density at radius 1 is 1.41 bits per heavy atom. The predicted octanol–water partition coefficient (Wildman–Crippen LogP) is 2.20.